The lowest BCUT2D eigenvalue weighted by atomic mass is 9.85. The molecule has 0 amide bonds. The number of ether oxygens (including phenoxy) is 1. The summed E-state index contributed by atoms with van der Waals surface area (Å²) < 4.78 is 19.2. The molecule has 0 atom stereocenters. The third kappa shape index (κ3) is 2.62. The van der Waals surface area contributed by atoms with Crippen LogP contribution in [0.3, 0.4) is 0 Å². The molecule has 0 radical (unpaired) electrons. The van der Waals surface area contributed by atoms with E-state index in [4.69, 9.17) is 10.5 Å². The van der Waals surface area contributed by atoms with E-state index in [1.807, 2.05) is 6.07 Å². The van der Waals surface area contributed by atoms with Gasteiger partial charge in [0.05, 0.1) is 4.47 Å². The van der Waals surface area contributed by atoms with Crippen molar-refractivity contribution in [3.05, 3.63) is 34.1 Å². The lowest BCUT2D eigenvalue weighted by molar-refractivity contribution is 0.0533. The summed E-state index contributed by atoms with van der Waals surface area (Å²) in [5.41, 5.74) is 6.97. The molecule has 0 saturated carbocycles. The molecule has 0 bridgehead atoms. The zero-order valence-corrected chi connectivity index (χ0v) is 10.6. The van der Waals surface area contributed by atoms with Gasteiger partial charge in [-0.05, 0) is 46.8 Å². The normalized spacial score (nSPS) is 19.7. The Morgan fingerprint density at radius 3 is 2.75 bits per heavy atom. The van der Waals surface area contributed by atoms with Crippen LogP contribution in [-0.2, 0) is 11.2 Å². The summed E-state index contributed by atoms with van der Waals surface area (Å²) in [5.74, 6) is -0.229. The van der Waals surface area contributed by atoms with E-state index in [0.29, 0.717) is 24.1 Å². The van der Waals surface area contributed by atoms with Crippen LogP contribution in [0.4, 0.5) is 4.39 Å². The fourth-order valence-electron chi connectivity index (χ4n) is 2.02. The quantitative estimate of drug-likeness (QED) is 0.908. The Labute approximate surface area is 103 Å². The number of benzene rings is 1. The van der Waals surface area contributed by atoms with E-state index in [2.05, 4.69) is 15.9 Å². The molecule has 0 aliphatic carbocycles. The van der Waals surface area contributed by atoms with Gasteiger partial charge >= 0.3 is 0 Å². The van der Waals surface area contributed by atoms with Gasteiger partial charge in [-0.15, -0.1) is 0 Å². The van der Waals surface area contributed by atoms with Gasteiger partial charge in [-0.25, -0.2) is 4.39 Å². The third-order valence-corrected chi connectivity index (χ3v) is 3.95. The van der Waals surface area contributed by atoms with Crippen molar-refractivity contribution in [1.29, 1.82) is 0 Å². The molecule has 1 aliphatic rings. The minimum absolute atomic E-state index is 0.229. The largest absolute Gasteiger partial charge is 0.381 e. The molecular weight excluding hydrogens is 273 g/mol. The van der Waals surface area contributed by atoms with Crippen LogP contribution in [0, 0.1) is 5.82 Å². The second-order valence-corrected chi connectivity index (χ2v) is 5.16. The lowest BCUT2D eigenvalue weighted by Crippen LogP contribution is -2.47. The van der Waals surface area contributed by atoms with E-state index in [1.165, 1.54) is 6.07 Å². The van der Waals surface area contributed by atoms with Gasteiger partial charge in [0, 0.05) is 18.8 Å². The number of rotatable bonds is 2. The fourth-order valence-corrected chi connectivity index (χ4v) is 2.42. The molecule has 1 aromatic carbocycles. The molecule has 1 aromatic rings. The number of nitrogens with two attached hydrogens (primary N) is 1. The highest BCUT2D eigenvalue weighted by Crippen LogP contribution is 2.28. The molecule has 4 heteroatoms. The summed E-state index contributed by atoms with van der Waals surface area (Å²) >= 11 is 3.27. The highest BCUT2D eigenvalue weighted by Gasteiger charge is 2.29. The highest BCUT2D eigenvalue weighted by atomic mass is 79.9. The van der Waals surface area contributed by atoms with Gasteiger partial charge in [0.25, 0.3) is 0 Å². The first-order valence-electron chi connectivity index (χ1n) is 5.40. The van der Waals surface area contributed by atoms with Crippen molar-refractivity contribution < 1.29 is 9.13 Å². The Morgan fingerprint density at radius 2 is 2.06 bits per heavy atom. The zero-order chi connectivity index (χ0) is 11.6. The van der Waals surface area contributed by atoms with Gasteiger partial charge in [-0.1, -0.05) is 12.1 Å². The van der Waals surface area contributed by atoms with E-state index in [1.54, 1.807) is 6.07 Å². The number of hydrogen-bond acceptors (Lipinski definition) is 2. The van der Waals surface area contributed by atoms with Crippen molar-refractivity contribution in [1.82, 2.24) is 0 Å². The maximum absolute atomic E-state index is 13.3. The smallest absolute Gasteiger partial charge is 0.137 e. The minimum atomic E-state index is -0.255. The molecule has 1 fully saturated rings. The van der Waals surface area contributed by atoms with Gasteiger partial charge in [-0.2, -0.15) is 0 Å². The van der Waals surface area contributed by atoms with Crippen molar-refractivity contribution in [3.8, 4) is 0 Å². The van der Waals surface area contributed by atoms with Crippen molar-refractivity contribution in [2.45, 2.75) is 24.8 Å². The topological polar surface area (TPSA) is 35.2 Å². The Morgan fingerprint density at radius 1 is 1.38 bits per heavy atom. The first-order valence-corrected chi connectivity index (χ1v) is 6.20. The second kappa shape index (κ2) is 4.82. The maximum Gasteiger partial charge on any atom is 0.137 e. The van der Waals surface area contributed by atoms with E-state index in [0.717, 1.165) is 18.4 Å². The average Bonchev–Trinajstić information content (AvgIpc) is 2.26. The minimum Gasteiger partial charge on any atom is -0.381 e. The van der Waals surface area contributed by atoms with E-state index < -0.39 is 0 Å². The van der Waals surface area contributed by atoms with Crippen molar-refractivity contribution in [3.63, 3.8) is 0 Å². The Balaban J connectivity index is 2.16. The molecule has 1 heterocycles. The summed E-state index contributed by atoms with van der Waals surface area (Å²) in [5, 5.41) is 0. The molecule has 1 saturated heterocycles. The molecule has 2 N–H and O–H groups in total. The van der Waals surface area contributed by atoms with Crippen LogP contribution in [0.5, 0.6) is 0 Å². The van der Waals surface area contributed by atoms with Gasteiger partial charge in [0.1, 0.15) is 5.82 Å². The molecule has 2 nitrogen and oxygen atoms in total. The van der Waals surface area contributed by atoms with Crippen LogP contribution < -0.4 is 5.73 Å². The third-order valence-electron chi connectivity index (χ3n) is 3.06. The van der Waals surface area contributed by atoms with Crippen LogP contribution in [0.15, 0.2) is 22.7 Å². The number of halogens is 2. The predicted octanol–water partition coefficient (Wildman–Crippen LogP) is 2.64. The standard InChI is InChI=1S/C12H15BrFNO/c13-11-9(2-1-3-10(11)14)8-12(15)4-6-16-7-5-12/h1-3H,4-8,15H2. The molecule has 0 spiro atoms. The second-order valence-electron chi connectivity index (χ2n) is 4.36. The Hall–Kier alpha value is -0.450. The van der Waals surface area contributed by atoms with Crippen molar-refractivity contribution in [2.75, 3.05) is 13.2 Å². The molecule has 0 aromatic heterocycles. The molecular formula is C12H15BrFNO. The summed E-state index contributed by atoms with van der Waals surface area (Å²) in [6.45, 7) is 1.40. The van der Waals surface area contributed by atoms with Gasteiger partial charge < -0.3 is 10.5 Å². The van der Waals surface area contributed by atoms with Gasteiger partial charge in [-0.3, -0.25) is 0 Å². The highest BCUT2D eigenvalue weighted by molar-refractivity contribution is 9.10. The van der Waals surface area contributed by atoms with Crippen molar-refractivity contribution >= 4 is 15.9 Å². The summed E-state index contributed by atoms with van der Waals surface area (Å²) in [7, 11) is 0. The molecule has 0 unspecified atom stereocenters. The Kier molecular flexibility index (Phi) is 3.62. The van der Waals surface area contributed by atoms with Crippen LogP contribution in [-0.4, -0.2) is 18.8 Å². The SMILES string of the molecule is NC1(Cc2cccc(F)c2Br)CCOCC1. The van der Waals surface area contributed by atoms with Crippen LogP contribution >= 0.6 is 15.9 Å². The average molecular weight is 288 g/mol. The molecule has 1 aliphatic heterocycles. The zero-order valence-electron chi connectivity index (χ0n) is 9.01. The first kappa shape index (κ1) is 12.0. The fraction of sp³-hybridized carbons (Fsp3) is 0.500. The van der Waals surface area contributed by atoms with Crippen LogP contribution in [0.25, 0.3) is 0 Å². The molecule has 88 valence electrons. The van der Waals surface area contributed by atoms with E-state index in [9.17, 15) is 4.39 Å². The summed E-state index contributed by atoms with van der Waals surface area (Å²) in [6, 6.07) is 5.08. The van der Waals surface area contributed by atoms with Crippen molar-refractivity contribution in [2.24, 2.45) is 5.73 Å². The maximum atomic E-state index is 13.3. The van der Waals surface area contributed by atoms with E-state index >= 15 is 0 Å². The number of hydrogen-bond donors (Lipinski definition) is 1. The monoisotopic (exact) mass is 287 g/mol. The molecule has 16 heavy (non-hydrogen) atoms. The molecule has 2 rings (SSSR count). The lowest BCUT2D eigenvalue weighted by Gasteiger charge is -2.33. The van der Waals surface area contributed by atoms with Gasteiger partial charge in [0.15, 0.2) is 0 Å². The summed E-state index contributed by atoms with van der Waals surface area (Å²) in [6.07, 6.45) is 2.35. The van der Waals surface area contributed by atoms with Crippen LogP contribution in [0.2, 0.25) is 0 Å². The van der Waals surface area contributed by atoms with Gasteiger partial charge in [0.2, 0.25) is 0 Å². The predicted molar refractivity (Wildman–Crippen MR) is 64.8 cm³/mol. The van der Waals surface area contributed by atoms with E-state index in [-0.39, 0.29) is 11.4 Å². The summed E-state index contributed by atoms with van der Waals surface area (Å²) in [4.78, 5) is 0. The van der Waals surface area contributed by atoms with Crippen LogP contribution in [0.1, 0.15) is 18.4 Å². The Bertz CT molecular complexity index is 377. The first-order chi connectivity index (χ1) is 7.61.